The topological polar surface area (TPSA) is 58.6 Å². The lowest BCUT2D eigenvalue weighted by Gasteiger charge is -2.36. The van der Waals surface area contributed by atoms with Crippen molar-refractivity contribution in [3.8, 4) is 5.75 Å². The van der Waals surface area contributed by atoms with Crippen molar-refractivity contribution in [2.24, 2.45) is 0 Å². The molecule has 1 fully saturated rings. The first-order chi connectivity index (χ1) is 14.6. The van der Waals surface area contributed by atoms with Crippen LogP contribution in [0.1, 0.15) is 60.8 Å². The Balaban J connectivity index is 1.50. The van der Waals surface area contributed by atoms with Gasteiger partial charge in [-0.1, -0.05) is 12.1 Å². The standard InChI is InChI=1S/C24H32N4O2/c1-17-20-7-6-15-27(2)24(20)26-23(25-17)21-8-4-5-16-28(21)22(29)14-11-18-9-12-19(30-3)13-10-18/h9-10,12-13,21H,4-8,11,14-16H2,1-3H3. The molecule has 1 saturated heterocycles. The molecule has 3 heterocycles. The van der Waals surface area contributed by atoms with E-state index in [9.17, 15) is 4.79 Å². The van der Waals surface area contributed by atoms with Gasteiger partial charge in [0.15, 0.2) is 5.82 Å². The van der Waals surface area contributed by atoms with E-state index in [-0.39, 0.29) is 11.9 Å². The summed E-state index contributed by atoms with van der Waals surface area (Å²) in [4.78, 5) is 27.2. The third-order valence-corrected chi connectivity index (χ3v) is 6.40. The van der Waals surface area contributed by atoms with E-state index >= 15 is 0 Å². The Kier molecular flexibility index (Phi) is 6.21. The third kappa shape index (κ3) is 4.27. The summed E-state index contributed by atoms with van der Waals surface area (Å²) < 4.78 is 5.22. The van der Waals surface area contributed by atoms with Crippen LogP contribution in [0.3, 0.4) is 0 Å². The monoisotopic (exact) mass is 408 g/mol. The quantitative estimate of drug-likeness (QED) is 0.752. The molecule has 30 heavy (non-hydrogen) atoms. The van der Waals surface area contributed by atoms with Gasteiger partial charge in [0.25, 0.3) is 0 Å². The predicted molar refractivity (Wildman–Crippen MR) is 118 cm³/mol. The zero-order chi connectivity index (χ0) is 21.1. The van der Waals surface area contributed by atoms with Crippen LogP contribution in [0.2, 0.25) is 0 Å². The molecule has 0 bridgehead atoms. The van der Waals surface area contributed by atoms with Crippen LogP contribution in [0.4, 0.5) is 5.82 Å². The molecule has 6 heteroatoms. The molecule has 1 aromatic carbocycles. The maximum Gasteiger partial charge on any atom is 0.223 e. The van der Waals surface area contributed by atoms with Crippen LogP contribution >= 0.6 is 0 Å². The molecule has 0 radical (unpaired) electrons. The van der Waals surface area contributed by atoms with Gasteiger partial charge in [-0.2, -0.15) is 0 Å². The van der Waals surface area contributed by atoms with Crippen LogP contribution in [-0.4, -0.2) is 48.0 Å². The second-order valence-electron chi connectivity index (χ2n) is 8.44. The number of piperidine rings is 1. The number of methoxy groups -OCH3 is 1. The maximum absolute atomic E-state index is 13.2. The smallest absolute Gasteiger partial charge is 0.223 e. The summed E-state index contributed by atoms with van der Waals surface area (Å²) >= 11 is 0. The van der Waals surface area contributed by atoms with Crippen molar-refractivity contribution >= 4 is 11.7 Å². The highest BCUT2D eigenvalue weighted by Crippen LogP contribution is 2.33. The molecule has 6 nitrogen and oxygen atoms in total. The van der Waals surface area contributed by atoms with Crippen molar-refractivity contribution in [2.75, 3.05) is 32.1 Å². The first kappa shape index (κ1) is 20.6. The van der Waals surface area contributed by atoms with Gasteiger partial charge in [0.05, 0.1) is 13.2 Å². The SMILES string of the molecule is COc1ccc(CCC(=O)N2CCCCC2c2nc(C)c3c(n2)N(C)CCC3)cc1. The van der Waals surface area contributed by atoms with Crippen molar-refractivity contribution in [2.45, 2.75) is 57.9 Å². The zero-order valence-electron chi connectivity index (χ0n) is 18.4. The van der Waals surface area contributed by atoms with Crippen molar-refractivity contribution in [3.05, 3.63) is 46.9 Å². The zero-order valence-corrected chi connectivity index (χ0v) is 18.4. The molecule has 0 spiro atoms. The van der Waals surface area contributed by atoms with Crippen LogP contribution in [0, 0.1) is 6.92 Å². The van der Waals surface area contributed by atoms with Gasteiger partial charge in [-0.25, -0.2) is 9.97 Å². The van der Waals surface area contributed by atoms with Gasteiger partial charge in [-0.3, -0.25) is 4.79 Å². The minimum Gasteiger partial charge on any atom is -0.497 e. The molecule has 0 saturated carbocycles. The lowest BCUT2D eigenvalue weighted by Crippen LogP contribution is -2.40. The summed E-state index contributed by atoms with van der Waals surface area (Å²) in [6.07, 6.45) is 6.53. The summed E-state index contributed by atoms with van der Waals surface area (Å²) in [6.45, 7) is 3.90. The van der Waals surface area contributed by atoms with Crippen molar-refractivity contribution in [1.82, 2.24) is 14.9 Å². The third-order valence-electron chi connectivity index (χ3n) is 6.40. The van der Waals surface area contributed by atoms with Gasteiger partial charge in [-0.15, -0.1) is 0 Å². The summed E-state index contributed by atoms with van der Waals surface area (Å²) in [5.41, 5.74) is 3.48. The van der Waals surface area contributed by atoms with Crippen LogP contribution in [0.25, 0.3) is 0 Å². The van der Waals surface area contributed by atoms with Gasteiger partial charge in [0.1, 0.15) is 11.6 Å². The number of benzene rings is 1. The first-order valence-corrected chi connectivity index (χ1v) is 11.1. The lowest BCUT2D eigenvalue weighted by atomic mass is 9.98. The summed E-state index contributed by atoms with van der Waals surface area (Å²) in [6, 6.07) is 7.95. The molecule has 1 unspecified atom stereocenters. The molecule has 2 aromatic rings. The van der Waals surface area contributed by atoms with E-state index in [2.05, 4.69) is 18.9 Å². The van der Waals surface area contributed by atoms with Gasteiger partial charge in [-0.05, 0) is 63.1 Å². The molecule has 1 atom stereocenters. The number of ether oxygens (including phenoxy) is 1. The number of carbonyl (C=O) groups is 1. The maximum atomic E-state index is 13.2. The highest BCUT2D eigenvalue weighted by atomic mass is 16.5. The molecule has 1 aromatic heterocycles. The van der Waals surface area contributed by atoms with Crippen molar-refractivity contribution in [3.63, 3.8) is 0 Å². The Morgan fingerprint density at radius 2 is 1.93 bits per heavy atom. The van der Waals surface area contributed by atoms with E-state index in [4.69, 9.17) is 14.7 Å². The minimum absolute atomic E-state index is 0.0126. The van der Waals surface area contributed by atoms with E-state index < -0.39 is 0 Å². The van der Waals surface area contributed by atoms with E-state index in [1.807, 2.05) is 29.2 Å². The molecule has 1 amide bonds. The molecule has 0 aliphatic carbocycles. The number of amides is 1. The number of rotatable bonds is 5. The fourth-order valence-corrected chi connectivity index (χ4v) is 4.64. The van der Waals surface area contributed by atoms with Gasteiger partial charge in [0.2, 0.25) is 5.91 Å². The average molecular weight is 409 g/mol. The van der Waals surface area contributed by atoms with Gasteiger partial charge in [0, 0.05) is 37.8 Å². The summed E-state index contributed by atoms with van der Waals surface area (Å²) in [5, 5.41) is 0. The average Bonchev–Trinajstić information content (AvgIpc) is 2.78. The number of hydrogen-bond donors (Lipinski definition) is 0. The number of likely N-dealkylation sites (tertiary alicyclic amines) is 1. The number of fused-ring (bicyclic) bond motifs is 1. The Bertz CT molecular complexity index is 897. The molecule has 2 aliphatic heterocycles. The number of nitrogens with zero attached hydrogens (tertiary/aromatic N) is 4. The summed E-state index contributed by atoms with van der Waals surface area (Å²) in [7, 11) is 3.77. The molecule has 2 aliphatic rings. The molecule has 0 N–H and O–H groups in total. The van der Waals surface area contributed by atoms with E-state index in [1.165, 1.54) is 5.56 Å². The van der Waals surface area contributed by atoms with Crippen molar-refractivity contribution in [1.29, 1.82) is 0 Å². The Morgan fingerprint density at radius 1 is 1.13 bits per heavy atom. The normalized spacial score (nSPS) is 18.8. The fraction of sp³-hybridized carbons (Fsp3) is 0.542. The van der Waals surface area contributed by atoms with Crippen molar-refractivity contribution < 1.29 is 9.53 Å². The number of hydrogen-bond acceptors (Lipinski definition) is 5. The molecule has 4 rings (SSSR count). The van der Waals surface area contributed by atoms with Crippen LogP contribution < -0.4 is 9.64 Å². The van der Waals surface area contributed by atoms with Crippen LogP contribution in [0.5, 0.6) is 5.75 Å². The number of aromatic nitrogens is 2. The number of anilines is 1. The van der Waals surface area contributed by atoms with Gasteiger partial charge >= 0.3 is 0 Å². The van der Waals surface area contributed by atoms with E-state index in [0.29, 0.717) is 6.42 Å². The number of aryl methyl sites for hydroxylation is 2. The highest BCUT2D eigenvalue weighted by Gasteiger charge is 2.31. The number of carbonyl (C=O) groups excluding carboxylic acids is 1. The van der Waals surface area contributed by atoms with Gasteiger partial charge < -0.3 is 14.5 Å². The second-order valence-corrected chi connectivity index (χ2v) is 8.44. The summed E-state index contributed by atoms with van der Waals surface area (Å²) in [5.74, 6) is 2.91. The molecule has 160 valence electrons. The first-order valence-electron chi connectivity index (χ1n) is 11.1. The predicted octanol–water partition coefficient (Wildman–Crippen LogP) is 3.86. The highest BCUT2D eigenvalue weighted by molar-refractivity contribution is 5.77. The largest absolute Gasteiger partial charge is 0.497 e. The van der Waals surface area contributed by atoms with E-state index in [0.717, 1.165) is 80.3 Å². The van der Waals surface area contributed by atoms with Crippen LogP contribution in [0.15, 0.2) is 24.3 Å². The Labute approximate surface area is 179 Å². The molecular weight excluding hydrogens is 376 g/mol. The minimum atomic E-state index is -0.0126. The van der Waals surface area contributed by atoms with Crippen LogP contribution in [-0.2, 0) is 17.6 Å². The second kappa shape index (κ2) is 9.02. The Morgan fingerprint density at radius 3 is 2.70 bits per heavy atom. The van der Waals surface area contributed by atoms with E-state index in [1.54, 1.807) is 7.11 Å². The Hall–Kier alpha value is -2.63. The fourth-order valence-electron chi connectivity index (χ4n) is 4.64. The molecular formula is C24H32N4O2. The lowest BCUT2D eigenvalue weighted by molar-refractivity contribution is -0.135.